The van der Waals surface area contributed by atoms with Crippen LogP contribution in [0.3, 0.4) is 0 Å². The molecule has 0 bridgehead atoms. The van der Waals surface area contributed by atoms with Crippen LogP contribution in [0.15, 0.2) is 29.2 Å². The molecule has 2 N–H and O–H groups in total. The van der Waals surface area contributed by atoms with Crippen LogP contribution in [0.5, 0.6) is 0 Å². The Morgan fingerprint density at radius 3 is 2.58 bits per heavy atom. The van der Waals surface area contributed by atoms with E-state index < -0.39 is 27.8 Å². The number of hydrogen-bond acceptors (Lipinski definition) is 4. The van der Waals surface area contributed by atoms with Crippen LogP contribution in [0.1, 0.15) is 38.7 Å². The van der Waals surface area contributed by atoms with Gasteiger partial charge in [-0.2, -0.15) is 17.5 Å². The van der Waals surface area contributed by atoms with Gasteiger partial charge in [-0.15, -0.1) is 0 Å². The monoisotopic (exact) mass is 461 g/mol. The molecule has 0 radical (unpaired) electrons. The summed E-state index contributed by atoms with van der Waals surface area (Å²) >= 11 is 0. The Bertz CT molecular complexity index is 922. The zero-order valence-corrected chi connectivity index (χ0v) is 18.8. The summed E-state index contributed by atoms with van der Waals surface area (Å²) in [4.78, 5) is 14.1. The number of rotatable bonds is 6. The molecule has 0 spiro atoms. The second-order valence-electron chi connectivity index (χ2n) is 8.78. The highest BCUT2D eigenvalue weighted by Crippen LogP contribution is 2.42. The molecule has 1 aromatic carbocycles. The van der Waals surface area contributed by atoms with Crippen molar-refractivity contribution in [2.75, 3.05) is 20.1 Å². The summed E-state index contributed by atoms with van der Waals surface area (Å²) < 4.78 is 66.4. The zero-order valence-electron chi connectivity index (χ0n) is 18.0. The topological polar surface area (TPSA) is 83.7 Å². The van der Waals surface area contributed by atoms with Gasteiger partial charge in [-0.05, 0) is 48.8 Å². The maximum absolute atomic E-state index is 13.0. The molecule has 1 aliphatic carbocycles. The molecule has 10 heteroatoms. The molecule has 0 unspecified atom stereocenters. The number of carbonyl (C=O) groups excluding carboxylic acids is 1. The summed E-state index contributed by atoms with van der Waals surface area (Å²) in [5, 5.41) is 0. The first-order valence-corrected chi connectivity index (χ1v) is 12.0. The number of alkyl halides is 3. The van der Waals surface area contributed by atoms with E-state index in [0.717, 1.165) is 31.4 Å². The lowest BCUT2D eigenvalue weighted by atomic mass is 9.94. The fraction of sp³-hybridized carbons (Fsp3) is 0.667. The fourth-order valence-corrected chi connectivity index (χ4v) is 6.33. The Morgan fingerprint density at radius 2 is 1.97 bits per heavy atom. The smallest absolute Gasteiger partial charge is 0.341 e. The number of nitrogens with zero attached hydrogens (tertiary/aromatic N) is 2. The molecule has 0 aromatic heterocycles. The van der Waals surface area contributed by atoms with E-state index in [0.29, 0.717) is 6.07 Å². The highest BCUT2D eigenvalue weighted by atomic mass is 32.2. The van der Waals surface area contributed by atoms with Crippen molar-refractivity contribution in [2.45, 2.75) is 56.3 Å². The van der Waals surface area contributed by atoms with E-state index in [1.807, 2.05) is 13.8 Å². The van der Waals surface area contributed by atoms with Gasteiger partial charge in [0.2, 0.25) is 15.9 Å². The van der Waals surface area contributed by atoms with Crippen molar-refractivity contribution in [2.24, 2.45) is 23.5 Å². The third kappa shape index (κ3) is 4.61. The summed E-state index contributed by atoms with van der Waals surface area (Å²) in [6, 6.07) is 3.10. The van der Waals surface area contributed by atoms with Crippen LogP contribution in [0.4, 0.5) is 13.2 Å². The predicted octanol–water partition coefficient (Wildman–Crippen LogP) is 2.94. The van der Waals surface area contributed by atoms with Gasteiger partial charge in [-0.3, -0.25) is 4.79 Å². The molecule has 1 amide bonds. The average molecular weight is 462 g/mol. The number of nitrogens with two attached hydrogens (primary N) is 1. The van der Waals surface area contributed by atoms with Gasteiger partial charge in [-0.25, -0.2) is 8.42 Å². The molecular formula is C21H30F3N3O3S. The van der Waals surface area contributed by atoms with Crippen molar-refractivity contribution < 1.29 is 26.4 Å². The summed E-state index contributed by atoms with van der Waals surface area (Å²) in [5.74, 6) is -0.105. The molecule has 3 rings (SSSR count). The molecule has 1 aromatic rings. The quantitative estimate of drug-likeness (QED) is 0.706. The van der Waals surface area contributed by atoms with Crippen LogP contribution in [0.25, 0.3) is 0 Å². The Labute approximate surface area is 181 Å². The van der Waals surface area contributed by atoms with Crippen molar-refractivity contribution in [1.82, 2.24) is 9.21 Å². The molecule has 1 heterocycles. The molecular weight excluding hydrogens is 431 g/mol. The van der Waals surface area contributed by atoms with E-state index in [1.165, 1.54) is 10.4 Å². The Kier molecular flexibility index (Phi) is 6.74. The summed E-state index contributed by atoms with van der Waals surface area (Å²) in [6.45, 7) is 4.33. The highest BCUT2D eigenvalue weighted by Gasteiger charge is 2.49. The van der Waals surface area contributed by atoms with Gasteiger partial charge in [0.1, 0.15) is 0 Å². The van der Waals surface area contributed by atoms with Crippen molar-refractivity contribution in [3.63, 3.8) is 0 Å². The first kappa shape index (κ1) is 24.0. The number of likely N-dealkylation sites (N-methyl/N-ethyl adjacent to an activating group) is 1. The number of fused-ring (bicyclic) bond motifs is 1. The van der Waals surface area contributed by atoms with Crippen LogP contribution in [-0.2, 0) is 21.0 Å². The van der Waals surface area contributed by atoms with Gasteiger partial charge in [0.15, 0.2) is 0 Å². The van der Waals surface area contributed by atoms with Gasteiger partial charge < -0.3 is 10.6 Å². The highest BCUT2D eigenvalue weighted by molar-refractivity contribution is 7.89. The molecule has 1 aliphatic heterocycles. The summed E-state index contributed by atoms with van der Waals surface area (Å²) in [5.41, 5.74) is 5.12. The fourth-order valence-electron chi connectivity index (χ4n) is 4.75. The first-order chi connectivity index (χ1) is 14.4. The Balaban J connectivity index is 1.77. The molecule has 31 heavy (non-hydrogen) atoms. The van der Waals surface area contributed by atoms with E-state index >= 15 is 0 Å². The van der Waals surface area contributed by atoms with Crippen LogP contribution >= 0.6 is 0 Å². The van der Waals surface area contributed by atoms with E-state index in [1.54, 1.807) is 11.9 Å². The van der Waals surface area contributed by atoms with Gasteiger partial charge in [0, 0.05) is 26.2 Å². The van der Waals surface area contributed by atoms with Gasteiger partial charge in [-0.1, -0.05) is 26.3 Å². The number of carbonyl (C=O) groups is 1. The minimum atomic E-state index is -4.62. The van der Waals surface area contributed by atoms with Crippen molar-refractivity contribution in [3.8, 4) is 0 Å². The predicted molar refractivity (Wildman–Crippen MR) is 110 cm³/mol. The molecule has 6 nitrogen and oxygen atoms in total. The third-order valence-corrected chi connectivity index (χ3v) is 8.80. The van der Waals surface area contributed by atoms with Crippen molar-refractivity contribution in [3.05, 3.63) is 29.8 Å². The van der Waals surface area contributed by atoms with E-state index in [-0.39, 0.29) is 47.7 Å². The van der Waals surface area contributed by atoms with Crippen molar-refractivity contribution in [1.29, 1.82) is 0 Å². The van der Waals surface area contributed by atoms with Crippen LogP contribution in [0, 0.1) is 17.8 Å². The lowest BCUT2D eigenvalue weighted by Gasteiger charge is -2.33. The van der Waals surface area contributed by atoms with E-state index in [4.69, 9.17) is 5.73 Å². The molecule has 5 atom stereocenters. The van der Waals surface area contributed by atoms with Crippen LogP contribution < -0.4 is 5.73 Å². The summed E-state index contributed by atoms with van der Waals surface area (Å²) in [7, 11) is -2.35. The first-order valence-electron chi connectivity index (χ1n) is 10.6. The molecule has 2 fully saturated rings. The molecule has 1 saturated carbocycles. The standard InChI is InChI=1S/C21H30F3N3O3S/c1-4-13(2)19(25)20(28)26(3)18-9-8-14-11-27(12-17(14)18)31(29,30)16-7-5-6-15(10-16)21(22,23)24/h5-7,10,13-14,17-19H,4,8-9,11-12,25H2,1-3H3/t13-,14-,17+,18+,19-/m0/s1. The maximum Gasteiger partial charge on any atom is 0.416 e. The van der Waals surface area contributed by atoms with Gasteiger partial charge in [0.25, 0.3) is 0 Å². The minimum absolute atomic E-state index is 0.0357. The second kappa shape index (κ2) is 8.71. The normalized spacial score (nSPS) is 26.5. The number of amides is 1. The third-order valence-electron chi connectivity index (χ3n) is 6.97. The maximum atomic E-state index is 13.0. The Morgan fingerprint density at radius 1 is 1.29 bits per heavy atom. The number of halogens is 3. The Hall–Kier alpha value is -1.65. The lowest BCUT2D eigenvalue weighted by Crippen LogP contribution is -2.50. The van der Waals surface area contributed by atoms with Gasteiger partial charge in [0.05, 0.1) is 16.5 Å². The molecule has 2 aliphatic rings. The van der Waals surface area contributed by atoms with Crippen LogP contribution in [-0.4, -0.2) is 55.8 Å². The average Bonchev–Trinajstić information content (AvgIpc) is 3.32. The zero-order chi connectivity index (χ0) is 23.1. The largest absolute Gasteiger partial charge is 0.416 e. The van der Waals surface area contributed by atoms with Crippen LogP contribution in [0.2, 0.25) is 0 Å². The lowest BCUT2D eigenvalue weighted by molar-refractivity contribution is -0.138. The number of hydrogen-bond donors (Lipinski definition) is 1. The van der Waals surface area contributed by atoms with Gasteiger partial charge >= 0.3 is 6.18 Å². The molecule has 174 valence electrons. The number of benzene rings is 1. The van der Waals surface area contributed by atoms with Crippen molar-refractivity contribution >= 4 is 15.9 Å². The van der Waals surface area contributed by atoms with E-state index in [2.05, 4.69) is 0 Å². The molecule has 1 saturated heterocycles. The number of sulfonamides is 1. The second-order valence-corrected chi connectivity index (χ2v) is 10.7. The van der Waals surface area contributed by atoms with E-state index in [9.17, 15) is 26.4 Å². The SMILES string of the molecule is CC[C@H](C)[C@H](N)C(=O)N(C)[C@@H]1CC[C@H]2CN(S(=O)(=O)c3cccc(C(F)(F)F)c3)C[C@H]21. The minimum Gasteiger partial charge on any atom is -0.341 e. The summed E-state index contributed by atoms with van der Waals surface area (Å²) in [6.07, 6.45) is -2.31.